The summed E-state index contributed by atoms with van der Waals surface area (Å²) in [7, 11) is 1.84. The monoisotopic (exact) mass is 1420 g/mol. The Bertz CT molecular complexity index is 4000. The highest BCUT2D eigenvalue weighted by Gasteiger charge is 2.41. The summed E-state index contributed by atoms with van der Waals surface area (Å²) in [5.41, 5.74) is 9.50. The number of fused-ring (bicyclic) bond motifs is 1. The number of amides is 12. The average Bonchev–Trinajstić information content (AvgIpc) is 1.61. The lowest BCUT2D eigenvalue weighted by Gasteiger charge is -2.28. The SMILES string of the molecule is CC(=O)NC(CSC1CC(=O)N(CCCC(=O)Nc2ccc(C3=C(c4cn(C)c5ccccc45)C(=O)NC3=O)cc2)C1=O)C(=O)NC(Cc1ccccc1)C(=O)NC(Cc1ccccc1)C(=O)NC(CCCCN)C(=O)NC(CC(=O)O)C(=O)NC(CCC(=O)O)C(=O)NC(CC(C)C)C(=O)O. The number of benzene rings is 4. The van der Waals surface area contributed by atoms with E-state index in [4.69, 9.17) is 5.73 Å². The Kier molecular flexibility index (Phi) is 28.7. The zero-order valence-electron chi connectivity index (χ0n) is 56.6. The van der Waals surface area contributed by atoms with E-state index in [-0.39, 0.29) is 87.3 Å². The van der Waals surface area contributed by atoms with Gasteiger partial charge in [0.25, 0.3) is 11.8 Å². The van der Waals surface area contributed by atoms with Crippen LogP contribution in [-0.2, 0) is 91.8 Å². The van der Waals surface area contributed by atoms with Gasteiger partial charge in [0.05, 0.1) is 22.8 Å². The van der Waals surface area contributed by atoms with Gasteiger partial charge in [0.1, 0.15) is 42.3 Å². The normalized spacial score (nSPS) is 15.6. The predicted octanol–water partition coefficient (Wildman–Crippen LogP) is 1.82. The molecule has 542 valence electrons. The Labute approximate surface area is 590 Å². The first kappa shape index (κ1) is 78.3. The summed E-state index contributed by atoms with van der Waals surface area (Å²) < 4.78 is 1.86. The van der Waals surface area contributed by atoms with Crippen molar-refractivity contribution in [1.82, 2.24) is 52.0 Å². The number of unbranched alkanes of at least 4 members (excludes halogenated alkanes) is 1. The van der Waals surface area contributed by atoms with Crippen LogP contribution in [0.15, 0.2) is 115 Å². The van der Waals surface area contributed by atoms with E-state index >= 15 is 0 Å². The smallest absolute Gasteiger partial charge is 0.326 e. The standard InChI is InChI=1S/C71H84N12O18S/c1-39(2)32-52(71(100)101)80-63(92)48(28-29-58(87)88)76-66(95)51(35-59(89)90)79-62(91)47(21-13-14-30-72)75-64(93)49(33-41-16-7-5-8-17-41)77-65(94)50(34-42-18-9-6-10-19-42)78-67(96)53(73-40(3)84)38-102-55-36-57(86)83(70(55)99)31-15-23-56(85)74-44-26-24-43(25-27-44)60-61(69(98)81-68(60)97)46-37-82(4)54-22-12-11-20-45(46)54/h5-12,16-20,22,24-27,37,39,47-53,55H,13-15,21,23,28-36,38,72H2,1-4H3,(H,73,84)(H,74,85)(H,75,93)(H,76,95)(H,77,94)(H,78,96)(H,79,91)(H,80,92)(H,87,88)(H,89,90)(H,100,101)(H,81,97,98). The number of hydrogen-bond donors (Lipinski definition) is 13. The molecular formula is C71H84N12O18S. The largest absolute Gasteiger partial charge is 0.481 e. The van der Waals surface area contributed by atoms with Crippen LogP contribution in [0.3, 0.4) is 0 Å². The van der Waals surface area contributed by atoms with Gasteiger partial charge in [0.2, 0.25) is 59.1 Å². The van der Waals surface area contributed by atoms with Crippen molar-refractivity contribution in [2.75, 3.05) is 24.2 Å². The number of anilines is 1. The lowest BCUT2D eigenvalue weighted by molar-refractivity contribution is -0.144. The number of carboxylic acids is 3. The molecule has 0 bridgehead atoms. The van der Waals surface area contributed by atoms with Crippen molar-refractivity contribution in [3.63, 3.8) is 0 Å². The number of rotatable bonds is 39. The summed E-state index contributed by atoms with van der Waals surface area (Å²) in [6.07, 6.45) is -0.979. The highest BCUT2D eigenvalue weighted by molar-refractivity contribution is 8.00. The van der Waals surface area contributed by atoms with Gasteiger partial charge in [0.15, 0.2) is 0 Å². The first-order chi connectivity index (χ1) is 48.6. The topological polar surface area (TPSA) is 459 Å². The maximum atomic E-state index is 14.8. The molecule has 14 N–H and O–H groups in total. The highest BCUT2D eigenvalue weighted by atomic mass is 32.2. The summed E-state index contributed by atoms with van der Waals surface area (Å²) >= 11 is 0.906. The van der Waals surface area contributed by atoms with E-state index in [1.165, 1.54) is 0 Å². The zero-order valence-corrected chi connectivity index (χ0v) is 57.4. The van der Waals surface area contributed by atoms with E-state index in [1.807, 2.05) is 35.9 Å². The molecule has 1 aromatic heterocycles. The highest BCUT2D eigenvalue weighted by Crippen LogP contribution is 2.36. The fraction of sp³-hybridized carbons (Fsp3) is 0.394. The maximum absolute atomic E-state index is 14.8. The van der Waals surface area contributed by atoms with Crippen molar-refractivity contribution in [2.45, 2.75) is 145 Å². The van der Waals surface area contributed by atoms with Crippen LogP contribution in [0.25, 0.3) is 22.0 Å². The first-order valence-corrected chi connectivity index (χ1v) is 34.2. The molecule has 12 amide bonds. The fourth-order valence-electron chi connectivity index (χ4n) is 11.7. The number of thioether (sulfide) groups is 1. The number of likely N-dealkylation sites (tertiary alicyclic amines) is 1. The fourth-order valence-corrected chi connectivity index (χ4v) is 12.8. The summed E-state index contributed by atoms with van der Waals surface area (Å²) in [5, 5.41) is 51.4. The van der Waals surface area contributed by atoms with Crippen LogP contribution in [0.5, 0.6) is 0 Å². The van der Waals surface area contributed by atoms with Gasteiger partial charge in [-0.3, -0.25) is 77.3 Å². The van der Waals surface area contributed by atoms with Crippen LogP contribution in [-0.4, -0.2) is 180 Å². The zero-order chi connectivity index (χ0) is 74.3. The van der Waals surface area contributed by atoms with Gasteiger partial charge in [-0.1, -0.05) is 105 Å². The van der Waals surface area contributed by atoms with Gasteiger partial charge < -0.3 is 68.2 Å². The second-order valence-electron chi connectivity index (χ2n) is 25.1. The van der Waals surface area contributed by atoms with E-state index in [1.54, 1.807) is 105 Å². The van der Waals surface area contributed by atoms with Crippen LogP contribution in [0, 0.1) is 5.92 Å². The van der Waals surface area contributed by atoms with Crippen LogP contribution < -0.4 is 53.6 Å². The molecule has 0 radical (unpaired) electrons. The van der Waals surface area contributed by atoms with Crippen LogP contribution in [0.2, 0.25) is 0 Å². The third-order valence-corrected chi connectivity index (χ3v) is 18.0. The van der Waals surface area contributed by atoms with Crippen molar-refractivity contribution >= 4 is 128 Å². The molecule has 8 atom stereocenters. The van der Waals surface area contributed by atoms with Crippen LogP contribution >= 0.6 is 11.8 Å². The molecule has 0 spiro atoms. The van der Waals surface area contributed by atoms with Crippen molar-refractivity contribution in [3.8, 4) is 0 Å². The average molecular weight is 1430 g/mol. The van der Waals surface area contributed by atoms with Gasteiger partial charge in [-0.25, -0.2) is 4.79 Å². The van der Waals surface area contributed by atoms with E-state index in [9.17, 15) is 87.2 Å². The molecule has 0 aliphatic carbocycles. The molecule has 2 aliphatic heterocycles. The molecule has 2 aliphatic rings. The number of carbonyl (C=O) groups excluding carboxylic acids is 12. The van der Waals surface area contributed by atoms with Crippen molar-refractivity contribution in [1.29, 1.82) is 0 Å². The first-order valence-electron chi connectivity index (χ1n) is 33.1. The molecule has 4 aromatic carbocycles. The quantitative estimate of drug-likeness (QED) is 0.0197. The second-order valence-corrected chi connectivity index (χ2v) is 26.4. The van der Waals surface area contributed by atoms with Gasteiger partial charge in [-0.05, 0) is 85.9 Å². The number of carbonyl (C=O) groups is 15. The van der Waals surface area contributed by atoms with Gasteiger partial charge >= 0.3 is 17.9 Å². The Hall–Kier alpha value is -11.1. The Morgan fingerprint density at radius 3 is 1.66 bits per heavy atom. The predicted molar refractivity (Wildman–Crippen MR) is 373 cm³/mol. The summed E-state index contributed by atoms with van der Waals surface area (Å²) in [5.74, 6) is -14.5. The maximum Gasteiger partial charge on any atom is 0.326 e. The number of carboxylic acid groups (broad SMARTS) is 3. The lowest BCUT2D eigenvalue weighted by atomic mass is 9.96. The molecule has 31 heteroatoms. The molecule has 8 unspecified atom stereocenters. The summed E-state index contributed by atoms with van der Waals surface area (Å²) in [6, 6.07) is 19.5. The number of nitrogens with two attached hydrogens (primary N) is 1. The van der Waals surface area contributed by atoms with E-state index in [2.05, 4.69) is 47.9 Å². The molecular weight excluding hydrogens is 1340 g/mol. The minimum atomic E-state index is -1.97. The van der Waals surface area contributed by atoms with Crippen LogP contribution in [0.1, 0.15) is 107 Å². The molecule has 0 saturated carbocycles. The molecule has 7 rings (SSSR count). The van der Waals surface area contributed by atoms with Crippen LogP contribution in [0.4, 0.5) is 5.69 Å². The van der Waals surface area contributed by atoms with Crippen molar-refractivity contribution in [3.05, 3.63) is 138 Å². The van der Waals surface area contributed by atoms with Gasteiger partial charge in [-0.2, -0.15) is 0 Å². The Morgan fingerprint density at radius 2 is 1.10 bits per heavy atom. The third kappa shape index (κ3) is 22.5. The minimum absolute atomic E-state index is 0.0432. The second kappa shape index (κ2) is 37.4. The number of aliphatic carboxylic acids is 3. The molecule has 5 aromatic rings. The number of nitrogens with zero attached hydrogens (tertiary/aromatic N) is 2. The number of aromatic nitrogens is 1. The van der Waals surface area contributed by atoms with Crippen molar-refractivity contribution < 1.29 is 87.2 Å². The minimum Gasteiger partial charge on any atom is -0.481 e. The van der Waals surface area contributed by atoms with Gasteiger partial charge in [0, 0.05) is 86.7 Å². The molecule has 3 heterocycles. The number of hydrogen-bond acceptors (Lipinski definition) is 17. The number of nitrogens with one attached hydrogen (secondary N) is 9. The summed E-state index contributed by atoms with van der Waals surface area (Å²) in [6.45, 7) is 4.54. The summed E-state index contributed by atoms with van der Waals surface area (Å²) in [4.78, 5) is 202. The molecule has 102 heavy (non-hydrogen) atoms. The van der Waals surface area contributed by atoms with E-state index in [0.717, 1.165) is 34.5 Å². The number of imide groups is 2. The number of para-hydroxylation sites is 1. The Balaban J connectivity index is 1.01. The lowest BCUT2D eigenvalue weighted by Crippen LogP contribution is -2.60. The van der Waals surface area contributed by atoms with Gasteiger partial charge in [-0.15, -0.1) is 11.8 Å². The molecule has 1 saturated heterocycles. The molecule has 1 fully saturated rings. The third-order valence-electron chi connectivity index (χ3n) is 16.7. The molecule has 30 nitrogen and oxygen atoms in total. The Morgan fingerprint density at radius 1 is 0.578 bits per heavy atom. The van der Waals surface area contributed by atoms with Crippen molar-refractivity contribution in [2.24, 2.45) is 18.7 Å². The van der Waals surface area contributed by atoms with E-state index < -0.39 is 156 Å². The number of aryl methyl sites for hydroxylation is 1. The van der Waals surface area contributed by atoms with E-state index in [0.29, 0.717) is 34.4 Å².